The van der Waals surface area contributed by atoms with E-state index in [0.29, 0.717) is 44.6 Å². The number of nitrogens with two attached hydrogens (primary N) is 2. The topological polar surface area (TPSA) is 287 Å². The summed E-state index contributed by atoms with van der Waals surface area (Å²) in [4.78, 5) is 68.0. The van der Waals surface area contributed by atoms with Gasteiger partial charge in [0, 0.05) is 24.9 Å². The minimum absolute atomic E-state index is 0.0276. The van der Waals surface area contributed by atoms with Crippen molar-refractivity contribution < 1.29 is 39.3 Å². The van der Waals surface area contributed by atoms with Crippen LogP contribution in [0.3, 0.4) is 0 Å². The highest BCUT2D eigenvalue weighted by Crippen LogP contribution is 2.05. The van der Waals surface area contributed by atoms with Gasteiger partial charge in [0.05, 0.1) is 25.1 Å². The van der Waals surface area contributed by atoms with Crippen LogP contribution in [-0.2, 0) is 30.4 Å². The number of hydrogen-bond acceptors (Lipinski definition) is 11. The molecule has 4 amide bonds. The molecule has 0 saturated carbocycles. The summed E-state index contributed by atoms with van der Waals surface area (Å²) in [6, 6.07) is -3.54. The number of aliphatic carboxylic acids is 1. The lowest BCUT2D eigenvalue weighted by atomic mass is 10.1. The Morgan fingerprint density at radius 3 is 2.29 bits per heavy atom. The summed E-state index contributed by atoms with van der Waals surface area (Å²) in [6.07, 6.45) is 2.77. The molecule has 17 heteroatoms. The maximum Gasteiger partial charge on any atom is 0.322 e. The molecule has 17 nitrogen and oxygen atoms in total. The molecule has 0 bridgehead atoms. The Bertz CT molecular complexity index is 961. The molecule has 1 aromatic rings. The molecule has 0 aliphatic carbocycles. The van der Waals surface area contributed by atoms with Gasteiger partial charge in [-0.1, -0.05) is 0 Å². The Morgan fingerprint density at radius 2 is 1.68 bits per heavy atom. The number of nitrogens with zero attached hydrogens (tertiary/aromatic N) is 1. The fraction of sp³-hybridized carbons (Fsp3) is 0.667. The highest BCUT2D eigenvalue weighted by atomic mass is 16.4. The van der Waals surface area contributed by atoms with Crippen LogP contribution in [0.1, 0.15) is 38.3 Å². The Morgan fingerprint density at radius 1 is 0.976 bits per heavy atom. The second kappa shape index (κ2) is 19.4. The molecule has 0 aromatic carbocycles. The van der Waals surface area contributed by atoms with Crippen LogP contribution in [0.4, 0.5) is 0 Å². The van der Waals surface area contributed by atoms with Gasteiger partial charge in [-0.15, -0.1) is 0 Å². The molecule has 0 aliphatic heterocycles. The molecule has 0 unspecified atom stereocenters. The number of nitrogens with one attached hydrogen (secondary N) is 6. The first-order chi connectivity index (χ1) is 19.4. The van der Waals surface area contributed by atoms with Crippen LogP contribution in [0, 0.1) is 0 Å². The van der Waals surface area contributed by atoms with Crippen molar-refractivity contribution in [3.8, 4) is 0 Å². The first kappa shape index (κ1) is 35.4. The molecule has 1 aromatic heterocycles. The van der Waals surface area contributed by atoms with E-state index in [1.165, 1.54) is 19.4 Å². The van der Waals surface area contributed by atoms with Crippen LogP contribution in [0.2, 0.25) is 0 Å². The van der Waals surface area contributed by atoms with Crippen molar-refractivity contribution in [2.45, 2.75) is 69.4 Å². The molecule has 0 aliphatic rings. The van der Waals surface area contributed by atoms with Gasteiger partial charge in [0.2, 0.25) is 23.6 Å². The van der Waals surface area contributed by atoms with Gasteiger partial charge in [0.1, 0.15) is 24.7 Å². The van der Waals surface area contributed by atoms with Gasteiger partial charge < -0.3 is 58.4 Å². The lowest BCUT2D eigenvalue weighted by Crippen LogP contribution is -2.56. The number of aliphatic hydroxyl groups excluding tert-OH is 2. The summed E-state index contributed by atoms with van der Waals surface area (Å²) < 4.78 is 0. The number of amides is 4. The quantitative estimate of drug-likeness (QED) is 0.0608. The Hall–Kier alpha value is -3.64. The zero-order valence-corrected chi connectivity index (χ0v) is 23.1. The van der Waals surface area contributed by atoms with Gasteiger partial charge in [-0.3, -0.25) is 24.0 Å². The number of imidazole rings is 1. The summed E-state index contributed by atoms with van der Waals surface area (Å²) in [5, 5.41) is 40.8. The number of aromatic nitrogens is 2. The van der Waals surface area contributed by atoms with E-state index in [4.69, 9.17) is 16.6 Å². The molecule has 5 atom stereocenters. The number of carbonyl (C=O) groups is 5. The second-order valence-corrected chi connectivity index (χ2v) is 9.49. The number of aromatic amines is 1. The lowest BCUT2D eigenvalue weighted by Gasteiger charge is -2.23. The molecule has 0 fully saturated rings. The Labute approximate surface area is 237 Å². The van der Waals surface area contributed by atoms with Crippen molar-refractivity contribution in [1.82, 2.24) is 36.6 Å². The molecule has 1 heterocycles. The lowest BCUT2D eigenvalue weighted by molar-refractivity contribution is -0.138. The highest BCUT2D eigenvalue weighted by Gasteiger charge is 2.28. The molecular formula is C24H43N9O8. The van der Waals surface area contributed by atoms with Crippen LogP contribution in [0.25, 0.3) is 0 Å². The third-order valence-electron chi connectivity index (χ3n) is 5.90. The van der Waals surface area contributed by atoms with Crippen LogP contribution < -0.4 is 38.1 Å². The summed E-state index contributed by atoms with van der Waals surface area (Å²) >= 11 is 0. The van der Waals surface area contributed by atoms with Crippen molar-refractivity contribution >= 4 is 29.6 Å². The van der Waals surface area contributed by atoms with E-state index >= 15 is 0 Å². The molecule has 1 rings (SSSR count). The van der Waals surface area contributed by atoms with Gasteiger partial charge in [0.15, 0.2) is 0 Å². The number of carbonyl (C=O) groups excluding carboxylic acids is 4. The van der Waals surface area contributed by atoms with E-state index in [-0.39, 0.29) is 12.8 Å². The fourth-order valence-corrected chi connectivity index (χ4v) is 3.56. The first-order valence-electron chi connectivity index (χ1n) is 13.3. The largest absolute Gasteiger partial charge is 0.480 e. The molecular weight excluding hydrogens is 542 g/mol. The normalized spacial score (nSPS) is 14.7. The van der Waals surface area contributed by atoms with E-state index in [9.17, 15) is 34.2 Å². The number of rotatable bonds is 21. The van der Waals surface area contributed by atoms with Crippen molar-refractivity contribution in [3.05, 3.63) is 18.2 Å². The van der Waals surface area contributed by atoms with Gasteiger partial charge in [-0.2, -0.15) is 0 Å². The summed E-state index contributed by atoms with van der Waals surface area (Å²) in [7, 11) is 0. The van der Waals surface area contributed by atoms with Crippen molar-refractivity contribution in [1.29, 1.82) is 0 Å². The summed E-state index contributed by atoms with van der Waals surface area (Å²) in [6.45, 7) is 1.39. The van der Waals surface area contributed by atoms with E-state index < -0.39 is 73.0 Å². The van der Waals surface area contributed by atoms with Crippen molar-refractivity contribution in [2.75, 3.05) is 32.7 Å². The third-order valence-corrected chi connectivity index (χ3v) is 5.90. The maximum atomic E-state index is 13.2. The SMILES string of the molecule is C[C@@H](O)[C@H](N)C(=O)NCC(=O)N[C@H](CCCCNC[C@H](O)CCN)C(=O)N[C@@H](Cc1cnc[nH]1)C(=O)NCC(=O)O. The molecule has 0 spiro atoms. The van der Waals surface area contributed by atoms with Crippen LogP contribution in [-0.4, -0.2) is 118 Å². The van der Waals surface area contributed by atoms with Gasteiger partial charge in [-0.05, 0) is 45.7 Å². The number of carboxylic acids is 1. The maximum absolute atomic E-state index is 13.2. The average Bonchev–Trinajstić information content (AvgIpc) is 3.43. The number of hydrogen-bond donors (Lipinski definition) is 11. The zero-order valence-electron chi connectivity index (χ0n) is 23.1. The number of unbranched alkanes of at least 4 members (excludes halogenated alkanes) is 1. The predicted octanol–water partition coefficient (Wildman–Crippen LogP) is -4.58. The van der Waals surface area contributed by atoms with E-state index in [1.54, 1.807) is 0 Å². The van der Waals surface area contributed by atoms with Crippen LogP contribution >= 0.6 is 0 Å². The van der Waals surface area contributed by atoms with Gasteiger partial charge in [0.25, 0.3) is 0 Å². The Balaban J connectivity index is 2.86. The minimum Gasteiger partial charge on any atom is -0.480 e. The van der Waals surface area contributed by atoms with Crippen LogP contribution in [0.15, 0.2) is 12.5 Å². The predicted molar refractivity (Wildman–Crippen MR) is 146 cm³/mol. The van der Waals surface area contributed by atoms with Gasteiger partial charge in [-0.25, -0.2) is 4.98 Å². The minimum atomic E-state index is -1.27. The summed E-state index contributed by atoms with van der Waals surface area (Å²) in [5.74, 6) is -4.18. The Kier molecular flexibility index (Phi) is 16.8. The molecule has 232 valence electrons. The highest BCUT2D eigenvalue weighted by molar-refractivity contribution is 5.94. The third kappa shape index (κ3) is 15.1. The number of carboxylic acid groups (broad SMARTS) is 1. The van der Waals surface area contributed by atoms with Crippen molar-refractivity contribution in [3.63, 3.8) is 0 Å². The smallest absolute Gasteiger partial charge is 0.322 e. The standard InChI is InChI=1S/C24H43N9O8/c1-14(34)21(26)24(41)29-11-19(36)32-17(4-2-3-7-27-10-16(35)5-6-25)23(40)33-18(8-15-9-28-13-31-15)22(39)30-12-20(37)38/h9,13-14,16-18,21,27,34-35H,2-8,10-12,25-26H2,1H3,(H,28,31)(H,29,41)(H,30,39)(H,32,36)(H,33,40)(H,37,38)/t14-,16-,17-,18+,21+/m1/s1. The zero-order chi connectivity index (χ0) is 30.8. The number of H-pyrrole nitrogens is 1. The van der Waals surface area contributed by atoms with Gasteiger partial charge >= 0.3 is 5.97 Å². The van der Waals surface area contributed by atoms with E-state index in [1.807, 2.05) is 0 Å². The van der Waals surface area contributed by atoms with Crippen molar-refractivity contribution in [2.24, 2.45) is 11.5 Å². The molecule has 41 heavy (non-hydrogen) atoms. The first-order valence-corrected chi connectivity index (χ1v) is 13.3. The summed E-state index contributed by atoms with van der Waals surface area (Å²) in [5.41, 5.74) is 11.5. The average molecular weight is 586 g/mol. The molecule has 0 radical (unpaired) electrons. The fourth-order valence-electron chi connectivity index (χ4n) is 3.56. The van der Waals surface area contributed by atoms with Crippen LogP contribution in [0.5, 0.6) is 0 Å². The molecule has 0 saturated heterocycles. The monoisotopic (exact) mass is 585 g/mol. The second-order valence-electron chi connectivity index (χ2n) is 9.49. The molecule has 13 N–H and O–H groups in total. The number of aliphatic hydroxyl groups is 2. The van der Waals surface area contributed by atoms with E-state index in [0.717, 1.165) is 0 Å². The van der Waals surface area contributed by atoms with E-state index in [2.05, 4.69) is 36.6 Å².